The first-order valence-electron chi connectivity index (χ1n) is 5.67. The van der Waals surface area contributed by atoms with Crippen LogP contribution in [0.1, 0.15) is 24.5 Å². The number of aryl methyl sites for hydroxylation is 1. The van der Waals surface area contributed by atoms with Gasteiger partial charge in [-0.1, -0.05) is 42.8 Å². The third-order valence-electron chi connectivity index (χ3n) is 3.12. The van der Waals surface area contributed by atoms with E-state index in [1.165, 1.54) is 29.8 Å². The summed E-state index contributed by atoms with van der Waals surface area (Å²) in [5.41, 5.74) is 4.05. The number of hydrogen-bond donors (Lipinski definition) is 0. The third-order valence-corrected chi connectivity index (χ3v) is 3.12. The third kappa shape index (κ3) is 2.23. The van der Waals surface area contributed by atoms with Gasteiger partial charge < -0.3 is 4.90 Å². The first-order chi connectivity index (χ1) is 7.16. The van der Waals surface area contributed by atoms with Gasteiger partial charge in [-0.15, -0.1) is 0 Å². The second kappa shape index (κ2) is 4.09. The van der Waals surface area contributed by atoms with Crippen LogP contribution >= 0.6 is 0 Å². The van der Waals surface area contributed by atoms with Crippen molar-refractivity contribution >= 4 is 5.70 Å². The van der Waals surface area contributed by atoms with Gasteiger partial charge in [0.25, 0.3) is 0 Å². The molecule has 0 saturated carbocycles. The lowest BCUT2D eigenvalue weighted by atomic mass is 9.98. The number of benzene rings is 1. The van der Waals surface area contributed by atoms with E-state index in [4.69, 9.17) is 0 Å². The summed E-state index contributed by atoms with van der Waals surface area (Å²) in [6.07, 6.45) is 3.65. The molecule has 0 fully saturated rings. The van der Waals surface area contributed by atoms with Gasteiger partial charge in [-0.3, -0.25) is 0 Å². The Bertz CT molecular complexity index is 361. The smallest absolute Gasteiger partial charge is 0.0399 e. The summed E-state index contributed by atoms with van der Waals surface area (Å²) in [4.78, 5) is 2.35. The lowest BCUT2D eigenvalue weighted by Crippen LogP contribution is -2.24. The highest BCUT2D eigenvalue weighted by Crippen LogP contribution is 2.26. The maximum Gasteiger partial charge on any atom is 0.0399 e. The predicted molar refractivity (Wildman–Crippen MR) is 65.6 cm³/mol. The van der Waals surface area contributed by atoms with Gasteiger partial charge in [0.05, 0.1) is 0 Å². The number of nitrogens with zero attached hydrogens (tertiary/aromatic N) is 1. The molecule has 0 saturated heterocycles. The minimum Gasteiger partial charge on any atom is -0.374 e. The van der Waals surface area contributed by atoms with Gasteiger partial charge in [-0.2, -0.15) is 0 Å². The molecule has 0 N–H and O–H groups in total. The zero-order valence-electron chi connectivity index (χ0n) is 9.83. The van der Waals surface area contributed by atoms with Crippen molar-refractivity contribution in [2.24, 2.45) is 5.92 Å². The summed E-state index contributed by atoms with van der Waals surface area (Å²) < 4.78 is 0. The average molecular weight is 201 g/mol. The van der Waals surface area contributed by atoms with E-state index < -0.39 is 0 Å². The van der Waals surface area contributed by atoms with E-state index in [2.05, 4.69) is 56.1 Å². The van der Waals surface area contributed by atoms with Crippen LogP contribution in [0, 0.1) is 12.8 Å². The lowest BCUT2D eigenvalue weighted by molar-refractivity contribution is 0.409. The summed E-state index contributed by atoms with van der Waals surface area (Å²) in [6.45, 7) is 5.59. The van der Waals surface area contributed by atoms with E-state index >= 15 is 0 Å². The van der Waals surface area contributed by atoms with Crippen LogP contribution in [0.4, 0.5) is 0 Å². The largest absolute Gasteiger partial charge is 0.374 e. The van der Waals surface area contributed by atoms with Crippen molar-refractivity contribution in [1.82, 2.24) is 4.90 Å². The van der Waals surface area contributed by atoms with Gasteiger partial charge in [0, 0.05) is 19.3 Å². The van der Waals surface area contributed by atoms with Gasteiger partial charge >= 0.3 is 0 Å². The molecule has 1 heteroatoms. The summed E-state index contributed by atoms with van der Waals surface area (Å²) in [5.74, 6) is 0.706. The fourth-order valence-electron chi connectivity index (χ4n) is 2.04. The van der Waals surface area contributed by atoms with Crippen LogP contribution in [0.25, 0.3) is 5.70 Å². The summed E-state index contributed by atoms with van der Waals surface area (Å²) in [6, 6.07) is 8.80. The Labute approximate surface area is 92.4 Å². The molecule has 1 aromatic rings. The van der Waals surface area contributed by atoms with Crippen molar-refractivity contribution in [3.8, 4) is 0 Å². The molecular formula is C14H19N. The molecule has 80 valence electrons. The molecule has 1 heterocycles. The molecule has 1 atom stereocenters. The second-order valence-electron chi connectivity index (χ2n) is 4.61. The van der Waals surface area contributed by atoms with Crippen molar-refractivity contribution in [2.75, 3.05) is 13.6 Å². The van der Waals surface area contributed by atoms with E-state index in [-0.39, 0.29) is 0 Å². The molecule has 0 aliphatic carbocycles. The highest BCUT2D eigenvalue weighted by atomic mass is 15.1. The Balaban J connectivity index is 2.32. The monoisotopic (exact) mass is 201 g/mol. The first kappa shape index (κ1) is 10.3. The quantitative estimate of drug-likeness (QED) is 0.674. The Morgan fingerprint density at radius 2 is 1.87 bits per heavy atom. The molecule has 0 bridgehead atoms. The van der Waals surface area contributed by atoms with Crippen LogP contribution in [-0.2, 0) is 0 Å². The second-order valence-corrected chi connectivity index (χ2v) is 4.61. The minimum absolute atomic E-state index is 0.706. The standard InChI is InChI=1S/C14H19N/c1-11-4-6-13(7-5-11)14-10-12(2)8-9-15(14)3/h4-7,10,12H,8-9H2,1-3H3/t12-/m0/s1. The summed E-state index contributed by atoms with van der Waals surface area (Å²) in [5, 5.41) is 0. The van der Waals surface area contributed by atoms with Gasteiger partial charge in [-0.25, -0.2) is 0 Å². The molecule has 2 rings (SSSR count). The Morgan fingerprint density at radius 1 is 1.20 bits per heavy atom. The topological polar surface area (TPSA) is 3.24 Å². The van der Waals surface area contributed by atoms with Crippen LogP contribution < -0.4 is 0 Å². The summed E-state index contributed by atoms with van der Waals surface area (Å²) in [7, 11) is 2.18. The first-order valence-corrected chi connectivity index (χ1v) is 5.67. The van der Waals surface area contributed by atoms with Gasteiger partial charge in [0.2, 0.25) is 0 Å². The molecular weight excluding hydrogens is 182 g/mol. The van der Waals surface area contributed by atoms with Crippen molar-refractivity contribution < 1.29 is 0 Å². The maximum absolute atomic E-state index is 2.38. The highest BCUT2D eigenvalue weighted by molar-refractivity contribution is 5.65. The Morgan fingerprint density at radius 3 is 2.53 bits per heavy atom. The minimum atomic E-state index is 0.706. The molecule has 0 amide bonds. The van der Waals surface area contributed by atoms with E-state index in [1.54, 1.807) is 0 Å². The normalized spacial score (nSPS) is 21.4. The molecule has 0 radical (unpaired) electrons. The fourth-order valence-corrected chi connectivity index (χ4v) is 2.04. The maximum atomic E-state index is 2.38. The molecule has 1 aliphatic rings. The molecule has 15 heavy (non-hydrogen) atoms. The molecule has 0 spiro atoms. The van der Waals surface area contributed by atoms with E-state index in [0.717, 1.165) is 0 Å². The molecule has 1 nitrogen and oxygen atoms in total. The average Bonchev–Trinajstić information content (AvgIpc) is 2.23. The lowest BCUT2D eigenvalue weighted by Gasteiger charge is -2.29. The molecule has 1 aromatic carbocycles. The van der Waals surface area contributed by atoms with Crippen molar-refractivity contribution in [1.29, 1.82) is 0 Å². The van der Waals surface area contributed by atoms with Crippen LogP contribution in [0.2, 0.25) is 0 Å². The van der Waals surface area contributed by atoms with Gasteiger partial charge in [0.1, 0.15) is 0 Å². The van der Waals surface area contributed by atoms with Crippen LogP contribution in [-0.4, -0.2) is 18.5 Å². The zero-order valence-corrected chi connectivity index (χ0v) is 9.83. The van der Waals surface area contributed by atoms with Crippen molar-refractivity contribution in [2.45, 2.75) is 20.3 Å². The summed E-state index contributed by atoms with van der Waals surface area (Å²) >= 11 is 0. The number of rotatable bonds is 1. The SMILES string of the molecule is Cc1ccc(C2=C[C@@H](C)CCN2C)cc1. The van der Waals surface area contributed by atoms with E-state index in [0.29, 0.717) is 5.92 Å². The van der Waals surface area contributed by atoms with Crippen LogP contribution in [0.15, 0.2) is 30.3 Å². The zero-order chi connectivity index (χ0) is 10.8. The van der Waals surface area contributed by atoms with Crippen molar-refractivity contribution in [3.05, 3.63) is 41.5 Å². The van der Waals surface area contributed by atoms with Crippen LogP contribution in [0.5, 0.6) is 0 Å². The number of allylic oxidation sites excluding steroid dienone is 1. The Hall–Kier alpha value is -1.24. The number of hydrogen-bond acceptors (Lipinski definition) is 1. The van der Waals surface area contributed by atoms with Crippen LogP contribution in [0.3, 0.4) is 0 Å². The van der Waals surface area contributed by atoms with Gasteiger partial charge in [0.15, 0.2) is 0 Å². The van der Waals surface area contributed by atoms with Crippen molar-refractivity contribution in [3.63, 3.8) is 0 Å². The molecule has 0 unspecified atom stereocenters. The van der Waals surface area contributed by atoms with E-state index in [1.807, 2.05) is 0 Å². The molecule has 1 aliphatic heterocycles. The highest BCUT2D eigenvalue weighted by Gasteiger charge is 2.15. The fraction of sp³-hybridized carbons (Fsp3) is 0.429. The van der Waals surface area contributed by atoms with Gasteiger partial charge in [-0.05, 0) is 24.8 Å². The Kier molecular flexibility index (Phi) is 2.81. The predicted octanol–water partition coefficient (Wildman–Crippen LogP) is 3.31. The van der Waals surface area contributed by atoms with E-state index in [9.17, 15) is 0 Å². The molecule has 0 aromatic heterocycles.